The van der Waals surface area contributed by atoms with Crippen LogP contribution in [0, 0.1) is 0 Å². The zero-order chi connectivity index (χ0) is 15.9. The van der Waals surface area contributed by atoms with Crippen molar-refractivity contribution in [3.8, 4) is 0 Å². The molecule has 0 heterocycles. The third-order valence-electron chi connectivity index (χ3n) is 1.51. The molecule has 1 N–H and O–H groups in total. The minimum Gasteiger partial charge on any atom is -1.00 e. The number of amides is 1. The smallest absolute Gasteiger partial charge is 0.397 e. The number of hydrogen-bond acceptors (Lipinski definition) is 2. The molecule has 0 saturated heterocycles. The van der Waals surface area contributed by atoms with Crippen molar-refractivity contribution in [1.29, 1.82) is 0 Å². The molecule has 0 radical (unpaired) electrons. The summed E-state index contributed by atoms with van der Waals surface area (Å²) in [5.41, 5.74) is 0. The van der Waals surface area contributed by atoms with E-state index in [2.05, 4.69) is 26.5 Å². The van der Waals surface area contributed by atoms with Crippen LogP contribution in [0.3, 0.4) is 0 Å². The van der Waals surface area contributed by atoms with E-state index in [0.29, 0.717) is 6.54 Å². The molecule has 0 saturated carbocycles. The Bertz CT molecular complexity index is 205. The highest BCUT2D eigenvalue weighted by Crippen LogP contribution is 1.91. The molecule has 0 atom stereocenters. The minimum atomic E-state index is -1.75. The average Bonchev–Trinajstić information content (AvgIpc) is 2.25. The van der Waals surface area contributed by atoms with Crippen molar-refractivity contribution in [3.05, 3.63) is 0 Å². The molecule has 0 aromatic carbocycles. The second kappa shape index (κ2) is 18.8. The summed E-state index contributed by atoms with van der Waals surface area (Å²) in [6.45, 7) is -0.759. The molecule has 0 fully saturated rings. The summed E-state index contributed by atoms with van der Waals surface area (Å²) >= 11 is 0. The van der Waals surface area contributed by atoms with Crippen LogP contribution in [0.4, 0.5) is 22.4 Å². The van der Waals surface area contributed by atoms with Crippen LogP contribution >= 0.6 is 0 Å². The summed E-state index contributed by atoms with van der Waals surface area (Å²) < 4.78 is 42.7. The fraction of sp³-hybridized carbons (Fsp3) is 0.909. The predicted octanol–water partition coefficient (Wildman–Crippen LogP) is -0.876. The minimum absolute atomic E-state index is 0. The van der Waals surface area contributed by atoms with Crippen LogP contribution in [0.15, 0.2) is 0 Å². The van der Waals surface area contributed by atoms with Crippen LogP contribution in [0.1, 0.15) is 6.42 Å². The Balaban J connectivity index is -0.000000120. The maximum absolute atomic E-state index is 11.6. The maximum atomic E-state index is 11.6. The molecule has 0 aromatic rings. The molecule has 0 aliphatic heterocycles. The van der Waals surface area contributed by atoms with Crippen LogP contribution in [0.2, 0.25) is 0 Å². The Kier molecular flexibility index (Phi) is 26.4. The summed E-state index contributed by atoms with van der Waals surface area (Å²) in [4.78, 5) is 11.2. The molecule has 0 aliphatic carbocycles. The summed E-state index contributed by atoms with van der Waals surface area (Å²) in [6, 6.07) is 0. The van der Waals surface area contributed by atoms with Crippen LogP contribution in [0.5, 0.6) is 0 Å². The fourth-order valence-corrected chi connectivity index (χ4v) is 0.740. The van der Waals surface area contributed by atoms with Gasteiger partial charge in [0.05, 0.1) is 27.7 Å². The lowest BCUT2D eigenvalue weighted by molar-refractivity contribution is -0.870. The monoisotopic (exact) mass is 419 g/mol. The van der Waals surface area contributed by atoms with Gasteiger partial charge in [0.1, 0.15) is 6.80 Å². The molecule has 0 aromatic heterocycles. The number of carbonyl (C=O) groups excluding carboxylic acids is 1. The first-order chi connectivity index (χ1) is 8.60. The first-order valence-electron chi connectivity index (χ1n) is 5.67. The fourth-order valence-electron chi connectivity index (χ4n) is 0.740. The van der Waals surface area contributed by atoms with Gasteiger partial charge in [-0.1, -0.05) is 0 Å². The number of rotatable bonds is 5. The van der Waals surface area contributed by atoms with Crippen molar-refractivity contribution in [2.75, 3.05) is 62.1 Å². The van der Waals surface area contributed by atoms with Crippen molar-refractivity contribution < 1.29 is 50.8 Å². The lowest BCUT2D eigenvalue weighted by Gasteiger charge is -2.23. The van der Waals surface area contributed by atoms with Gasteiger partial charge >= 0.3 is 6.16 Å². The summed E-state index contributed by atoms with van der Waals surface area (Å²) in [6.07, 6.45) is -0.634. The lowest BCUT2D eigenvalue weighted by Crippen LogP contribution is -3.00. The van der Waals surface area contributed by atoms with Crippen LogP contribution in [0.25, 0.3) is 0 Å². The van der Waals surface area contributed by atoms with E-state index in [9.17, 15) is 22.4 Å². The number of halogens is 5. The van der Waals surface area contributed by atoms with Gasteiger partial charge in [0.25, 0.3) is 0 Å². The van der Waals surface area contributed by atoms with E-state index in [4.69, 9.17) is 0 Å². The van der Waals surface area contributed by atoms with Crippen molar-refractivity contribution in [2.24, 2.45) is 0 Å². The normalized spacial score (nSPS) is 9.50. The standard InChI is InChI=1S/C7H15FN2O.C3H8FN.CH2F2.HI/c1-10(2,3)6-4-5-9-7(8)11;1-5(2)3-4;2-1-3;/h4-6H2,1-3H3;3H2,1-2H3;1H2;1H. The largest absolute Gasteiger partial charge is 1.00 e. The van der Waals surface area contributed by atoms with Gasteiger partial charge in [-0.2, -0.15) is 0 Å². The van der Waals surface area contributed by atoms with Gasteiger partial charge in [0, 0.05) is 13.0 Å². The zero-order valence-electron chi connectivity index (χ0n) is 12.7. The SMILES string of the molecule is CN(C)CF.C[N+](C)(C)CCCNC(=O)F.FCF.[I-]. The Hall–Kier alpha value is -0.160. The first kappa shape index (κ1) is 28.1. The van der Waals surface area contributed by atoms with E-state index in [-0.39, 0.29) is 30.8 Å². The second-order valence-electron chi connectivity index (χ2n) is 4.87. The predicted molar refractivity (Wildman–Crippen MR) is 68.8 cm³/mol. The molecule has 9 heteroatoms. The van der Waals surface area contributed by atoms with Gasteiger partial charge in [-0.05, 0) is 14.1 Å². The zero-order valence-corrected chi connectivity index (χ0v) is 14.9. The number of quaternary nitrogens is 1. The van der Waals surface area contributed by atoms with E-state index in [1.54, 1.807) is 14.1 Å². The van der Waals surface area contributed by atoms with Crippen LogP contribution in [-0.2, 0) is 0 Å². The van der Waals surface area contributed by atoms with Crippen LogP contribution < -0.4 is 29.3 Å². The third kappa shape index (κ3) is 52.3. The number of nitrogens with one attached hydrogen (secondary N) is 1. The molecule has 0 spiro atoms. The van der Waals surface area contributed by atoms with E-state index < -0.39 is 13.1 Å². The lowest BCUT2D eigenvalue weighted by atomic mass is 10.4. The van der Waals surface area contributed by atoms with Crippen molar-refractivity contribution in [1.82, 2.24) is 10.2 Å². The average molecular weight is 419 g/mol. The molecule has 0 unspecified atom stereocenters. The van der Waals surface area contributed by atoms with Gasteiger partial charge in [-0.3, -0.25) is 4.90 Å². The topological polar surface area (TPSA) is 32.3 Å². The molecule has 4 nitrogen and oxygen atoms in total. The maximum Gasteiger partial charge on any atom is 0.397 e. The Labute approximate surface area is 136 Å². The van der Waals surface area contributed by atoms with Gasteiger partial charge in [0.15, 0.2) is 0 Å². The highest BCUT2D eigenvalue weighted by molar-refractivity contribution is 5.65. The van der Waals surface area contributed by atoms with Gasteiger partial charge in [0.2, 0.25) is 6.93 Å². The third-order valence-corrected chi connectivity index (χ3v) is 1.51. The molecule has 0 bridgehead atoms. The number of carbonyl (C=O) groups is 1. The molecule has 0 rings (SSSR count). The van der Waals surface area contributed by atoms with Gasteiger partial charge in [-0.15, -0.1) is 4.39 Å². The van der Waals surface area contributed by atoms with Crippen LogP contribution in [-0.4, -0.2) is 77.6 Å². The summed E-state index contributed by atoms with van der Waals surface area (Å²) in [7, 11) is 9.52. The molecule has 0 aliphatic rings. The van der Waals surface area contributed by atoms with Crippen molar-refractivity contribution in [3.63, 3.8) is 0 Å². The molecule has 20 heavy (non-hydrogen) atoms. The van der Waals surface area contributed by atoms with E-state index in [0.717, 1.165) is 17.4 Å². The Morgan fingerprint density at radius 2 is 1.50 bits per heavy atom. The number of nitrogens with zero attached hydrogens (tertiary/aromatic N) is 2. The summed E-state index contributed by atoms with van der Waals surface area (Å²) in [5.74, 6) is 0. The number of alkyl halides is 3. The quantitative estimate of drug-likeness (QED) is 0.157. The second-order valence-corrected chi connectivity index (χ2v) is 4.87. The van der Waals surface area contributed by atoms with Gasteiger partial charge in [-0.25, -0.2) is 18.0 Å². The first-order valence-corrected chi connectivity index (χ1v) is 5.67. The van der Waals surface area contributed by atoms with Crippen molar-refractivity contribution in [2.45, 2.75) is 6.42 Å². The van der Waals surface area contributed by atoms with Crippen molar-refractivity contribution >= 4 is 6.16 Å². The molecular weight excluding hydrogens is 393 g/mol. The highest BCUT2D eigenvalue weighted by Gasteiger charge is 2.05. The Morgan fingerprint density at radius 3 is 1.70 bits per heavy atom. The van der Waals surface area contributed by atoms with E-state index in [1.807, 2.05) is 0 Å². The number of hydrogen-bond donors (Lipinski definition) is 1. The van der Waals surface area contributed by atoms with Gasteiger partial charge < -0.3 is 33.8 Å². The van der Waals surface area contributed by atoms with E-state index in [1.165, 1.54) is 4.90 Å². The molecule has 1 amide bonds. The highest BCUT2D eigenvalue weighted by atomic mass is 127. The summed E-state index contributed by atoms with van der Waals surface area (Å²) in [5, 5.41) is 2.10. The van der Waals surface area contributed by atoms with E-state index >= 15 is 0 Å². The molecular formula is C11H26F4IN3O. The Morgan fingerprint density at radius 1 is 1.15 bits per heavy atom. The molecule has 126 valence electrons.